The summed E-state index contributed by atoms with van der Waals surface area (Å²) in [7, 11) is 2.28. The lowest BCUT2D eigenvalue weighted by atomic mass is 9.93. The van der Waals surface area contributed by atoms with E-state index in [1.54, 1.807) is 0 Å². The van der Waals surface area contributed by atoms with E-state index in [0.29, 0.717) is 6.04 Å². The van der Waals surface area contributed by atoms with Gasteiger partial charge in [-0.25, -0.2) is 0 Å². The molecule has 2 fully saturated rings. The van der Waals surface area contributed by atoms with Gasteiger partial charge in [-0.3, -0.25) is 9.80 Å². The molecular formula is C15H31N3. The highest BCUT2D eigenvalue weighted by Gasteiger charge is 2.48. The van der Waals surface area contributed by atoms with Gasteiger partial charge in [-0.05, 0) is 52.1 Å². The molecule has 2 rings (SSSR count). The maximum absolute atomic E-state index is 6.15. The monoisotopic (exact) mass is 253 g/mol. The van der Waals surface area contributed by atoms with Crippen molar-refractivity contribution in [3.8, 4) is 0 Å². The highest BCUT2D eigenvalue weighted by molar-refractivity contribution is 5.06. The summed E-state index contributed by atoms with van der Waals surface area (Å²) in [5.41, 5.74) is 6.39. The van der Waals surface area contributed by atoms with Gasteiger partial charge in [0.05, 0.1) is 0 Å². The first-order chi connectivity index (χ1) is 8.48. The van der Waals surface area contributed by atoms with Crippen molar-refractivity contribution in [2.45, 2.75) is 64.1 Å². The van der Waals surface area contributed by atoms with E-state index in [0.717, 1.165) is 18.5 Å². The van der Waals surface area contributed by atoms with E-state index in [4.69, 9.17) is 5.73 Å². The van der Waals surface area contributed by atoms with Crippen molar-refractivity contribution in [2.24, 2.45) is 11.7 Å². The minimum atomic E-state index is 0.233. The van der Waals surface area contributed by atoms with E-state index in [1.807, 2.05) is 0 Å². The number of rotatable bonds is 6. The normalized spacial score (nSPS) is 33.8. The zero-order chi connectivity index (χ0) is 13.3. The van der Waals surface area contributed by atoms with Gasteiger partial charge < -0.3 is 5.73 Å². The molecule has 0 bridgehead atoms. The Labute approximate surface area is 113 Å². The Kier molecular flexibility index (Phi) is 4.35. The second-order valence-corrected chi connectivity index (χ2v) is 6.99. The van der Waals surface area contributed by atoms with Crippen LogP contribution in [0.4, 0.5) is 0 Å². The van der Waals surface area contributed by atoms with Crippen LogP contribution in [0.3, 0.4) is 0 Å². The number of hydrogen-bond acceptors (Lipinski definition) is 3. The summed E-state index contributed by atoms with van der Waals surface area (Å²) in [5.74, 6) is 0.778. The van der Waals surface area contributed by atoms with Crippen LogP contribution in [0.2, 0.25) is 0 Å². The van der Waals surface area contributed by atoms with Crippen LogP contribution < -0.4 is 5.73 Å². The number of hydrogen-bond donors (Lipinski definition) is 1. The highest BCUT2D eigenvalue weighted by atomic mass is 15.3. The molecule has 2 aliphatic rings. The van der Waals surface area contributed by atoms with Crippen LogP contribution in [0, 0.1) is 5.92 Å². The molecule has 0 aromatic rings. The van der Waals surface area contributed by atoms with Crippen LogP contribution in [0.5, 0.6) is 0 Å². The Balaban J connectivity index is 1.97. The summed E-state index contributed by atoms with van der Waals surface area (Å²) in [6, 6.07) is 1.58. The summed E-state index contributed by atoms with van der Waals surface area (Å²) >= 11 is 0. The molecule has 0 aromatic heterocycles. The predicted octanol–water partition coefficient (Wildman–Crippen LogP) is 1.92. The molecule has 3 nitrogen and oxygen atoms in total. The Bertz CT molecular complexity index is 275. The second kappa shape index (κ2) is 5.48. The molecule has 2 unspecified atom stereocenters. The maximum Gasteiger partial charge on any atom is 0.0470 e. The summed E-state index contributed by atoms with van der Waals surface area (Å²) < 4.78 is 0. The second-order valence-electron chi connectivity index (χ2n) is 6.99. The minimum absolute atomic E-state index is 0.233. The third kappa shape index (κ3) is 2.89. The summed E-state index contributed by atoms with van der Waals surface area (Å²) in [4.78, 5) is 5.25. The highest BCUT2D eigenvalue weighted by Crippen LogP contribution is 2.39. The van der Waals surface area contributed by atoms with Gasteiger partial charge in [-0.2, -0.15) is 0 Å². The SMILES string of the molecule is CC(C)CCN(C)C1(CN)CC(C)N(C2CC2)C1. The Morgan fingerprint density at radius 1 is 1.39 bits per heavy atom. The van der Waals surface area contributed by atoms with Crippen LogP contribution in [0.15, 0.2) is 0 Å². The number of nitrogens with zero attached hydrogens (tertiary/aromatic N) is 2. The smallest absolute Gasteiger partial charge is 0.0470 e. The van der Waals surface area contributed by atoms with Gasteiger partial charge in [0.2, 0.25) is 0 Å². The van der Waals surface area contributed by atoms with E-state index in [1.165, 1.54) is 38.8 Å². The Morgan fingerprint density at radius 2 is 2.06 bits per heavy atom. The molecule has 1 saturated carbocycles. The molecule has 2 atom stereocenters. The molecule has 0 aromatic carbocycles. The van der Waals surface area contributed by atoms with Gasteiger partial charge >= 0.3 is 0 Å². The average molecular weight is 253 g/mol. The standard InChI is InChI=1S/C15H31N3/c1-12(2)7-8-17(4)15(10-16)9-13(3)18(11-15)14-5-6-14/h12-14H,5-11,16H2,1-4H3. The van der Waals surface area contributed by atoms with Crippen molar-refractivity contribution in [1.82, 2.24) is 9.80 Å². The molecule has 1 heterocycles. The van der Waals surface area contributed by atoms with Crippen molar-refractivity contribution in [3.05, 3.63) is 0 Å². The van der Waals surface area contributed by atoms with Gasteiger partial charge in [0.25, 0.3) is 0 Å². The van der Waals surface area contributed by atoms with E-state index >= 15 is 0 Å². The van der Waals surface area contributed by atoms with Crippen molar-refractivity contribution in [3.63, 3.8) is 0 Å². The molecule has 1 saturated heterocycles. The van der Waals surface area contributed by atoms with Crippen molar-refractivity contribution >= 4 is 0 Å². The fraction of sp³-hybridized carbons (Fsp3) is 1.00. The van der Waals surface area contributed by atoms with Crippen LogP contribution in [0.25, 0.3) is 0 Å². The Hall–Kier alpha value is -0.120. The van der Waals surface area contributed by atoms with E-state index < -0.39 is 0 Å². The van der Waals surface area contributed by atoms with Crippen molar-refractivity contribution in [2.75, 3.05) is 26.7 Å². The summed E-state index contributed by atoms with van der Waals surface area (Å²) in [6.07, 6.45) is 5.33. The van der Waals surface area contributed by atoms with Crippen LogP contribution in [-0.4, -0.2) is 54.1 Å². The molecule has 0 radical (unpaired) electrons. The first kappa shape index (κ1) is 14.3. The van der Waals surface area contributed by atoms with E-state index in [9.17, 15) is 0 Å². The predicted molar refractivity (Wildman–Crippen MR) is 77.7 cm³/mol. The third-order valence-electron chi connectivity index (χ3n) is 4.97. The van der Waals surface area contributed by atoms with Crippen molar-refractivity contribution in [1.29, 1.82) is 0 Å². The lowest BCUT2D eigenvalue weighted by Crippen LogP contribution is -2.54. The van der Waals surface area contributed by atoms with Crippen LogP contribution in [0.1, 0.15) is 46.5 Å². The molecule has 1 aliphatic heterocycles. The zero-order valence-electron chi connectivity index (χ0n) is 12.7. The van der Waals surface area contributed by atoms with E-state index in [-0.39, 0.29) is 5.54 Å². The molecule has 18 heavy (non-hydrogen) atoms. The lowest BCUT2D eigenvalue weighted by Gasteiger charge is -2.38. The zero-order valence-corrected chi connectivity index (χ0v) is 12.7. The number of likely N-dealkylation sites (N-methyl/N-ethyl adjacent to an activating group) is 1. The number of nitrogens with two attached hydrogens (primary N) is 1. The fourth-order valence-corrected chi connectivity index (χ4v) is 3.39. The number of likely N-dealkylation sites (tertiary alicyclic amines) is 1. The third-order valence-corrected chi connectivity index (χ3v) is 4.97. The lowest BCUT2D eigenvalue weighted by molar-refractivity contribution is 0.122. The van der Waals surface area contributed by atoms with Gasteiger partial charge in [0.1, 0.15) is 0 Å². The van der Waals surface area contributed by atoms with Crippen molar-refractivity contribution < 1.29 is 0 Å². The van der Waals surface area contributed by atoms with Crippen LogP contribution >= 0.6 is 0 Å². The van der Waals surface area contributed by atoms with Gasteiger partial charge in [-0.1, -0.05) is 13.8 Å². The minimum Gasteiger partial charge on any atom is -0.329 e. The maximum atomic E-state index is 6.15. The molecule has 2 N–H and O–H groups in total. The van der Waals surface area contributed by atoms with Gasteiger partial charge in [-0.15, -0.1) is 0 Å². The summed E-state index contributed by atoms with van der Waals surface area (Å²) in [6.45, 7) is 10.2. The Morgan fingerprint density at radius 3 is 2.56 bits per heavy atom. The quantitative estimate of drug-likeness (QED) is 0.785. The largest absolute Gasteiger partial charge is 0.329 e. The average Bonchev–Trinajstić information content (AvgIpc) is 3.10. The fourth-order valence-electron chi connectivity index (χ4n) is 3.39. The molecule has 106 valence electrons. The molecule has 3 heteroatoms. The van der Waals surface area contributed by atoms with E-state index in [2.05, 4.69) is 37.6 Å². The first-order valence-electron chi connectivity index (χ1n) is 7.65. The van der Waals surface area contributed by atoms with Gasteiger partial charge in [0.15, 0.2) is 0 Å². The molecule has 1 aliphatic carbocycles. The topological polar surface area (TPSA) is 32.5 Å². The summed E-state index contributed by atoms with van der Waals surface area (Å²) in [5, 5.41) is 0. The molecule has 0 amide bonds. The molecule has 0 spiro atoms. The van der Waals surface area contributed by atoms with Gasteiger partial charge in [0, 0.05) is 30.7 Å². The molecular weight excluding hydrogens is 222 g/mol. The first-order valence-corrected chi connectivity index (χ1v) is 7.65. The van der Waals surface area contributed by atoms with Crippen LogP contribution in [-0.2, 0) is 0 Å².